The van der Waals surface area contributed by atoms with Gasteiger partial charge >= 0.3 is 0 Å². The smallest absolute Gasteiger partial charge is 0.242 e. The van der Waals surface area contributed by atoms with E-state index in [1.54, 1.807) is 12.3 Å². The summed E-state index contributed by atoms with van der Waals surface area (Å²) in [5.41, 5.74) is 5.05. The normalized spacial score (nSPS) is 27.2. The molecule has 0 saturated heterocycles. The van der Waals surface area contributed by atoms with Crippen LogP contribution in [0.5, 0.6) is 0 Å². The summed E-state index contributed by atoms with van der Waals surface area (Å²) in [5.74, 6) is 0.936. The van der Waals surface area contributed by atoms with E-state index in [0.717, 1.165) is 25.7 Å². The van der Waals surface area contributed by atoms with Gasteiger partial charge < -0.3 is 16.2 Å². The second kappa shape index (κ2) is 5.61. The molecule has 1 fully saturated rings. The summed E-state index contributed by atoms with van der Waals surface area (Å²) in [4.78, 5) is 12.0. The standard InChI is InChI=1S/C13H22N4O2/c1-10-2-5-13(9-18,6-3-10)15-12(19)8-17-7-4-11(14)16-17/h4,7,10,18H,2-3,5-6,8-9H2,1H3,(H2,14,16)(H,15,19). The Morgan fingerprint density at radius 2 is 2.32 bits per heavy atom. The number of rotatable bonds is 4. The number of carbonyl (C=O) groups excluding carboxylic acids is 1. The summed E-state index contributed by atoms with van der Waals surface area (Å²) in [5, 5.41) is 16.5. The zero-order valence-corrected chi connectivity index (χ0v) is 11.3. The van der Waals surface area contributed by atoms with Crippen LogP contribution in [0.1, 0.15) is 32.6 Å². The molecule has 6 heteroatoms. The molecule has 1 aliphatic rings. The highest BCUT2D eigenvalue weighted by Crippen LogP contribution is 2.31. The van der Waals surface area contributed by atoms with Crippen LogP contribution in [0.3, 0.4) is 0 Å². The van der Waals surface area contributed by atoms with Gasteiger partial charge in [-0.25, -0.2) is 0 Å². The molecule has 0 atom stereocenters. The molecule has 0 spiro atoms. The molecule has 0 aromatic carbocycles. The quantitative estimate of drug-likeness (QED) is 0.740. The minimum atomic E-state index is -0.456. The predicted molar refractivity (Wildman–Crippen MR) is 72.2 cm³/mol. The molecule has 1 amide bonds. The number of aliphatic hydroxyl groups is 1. The first-order chi connectivity index (χ1) is 9.03. The Hall–Kier alpha value is -1.56. The third kappa shape index (κ3) is 3.47. The van der Waals surface area contributed by atoms with E-state index in [2.05, 4.69) is 17.3 Å². The lowest BCUT2D eigenvalue weighted by molar-refractivity contribution is -0.125. The average molecular weight is 266 g/mol. The van der Waals surface area contributed by atoms with E-state index in [0.29, 0.717) is 11.7 Å². The molecule has 19 heavy (non-hydrogen) atoms. The van der Waals surface area contributed by atoms with Gasteiger partial charge in [-0.05, 0) is 37.7 Å². The number of nitrogens with two attached hydrogens (primary N) is 1. The van der Waals surface area contributed by atoms with Crippen LogP contribution in [0.25, 0.3) is 0 Å². The third-order valence-corrected chi connectivity index (χ3v) is 3.91. The Labute approximate surface area is 113 Å². The van der Waals surface area contributed by atoms with Gasteiger partial charge in [0.25, 0.3) is 0 Å². The number of nitrogen functional groups attached to an aromatic ring is 1. The molecule has 0 aliphatic heterocycles. The predicted octanol–water partition coefficient (Wildman–Crippen LogP) is 0.523. The highest BCUT2D eigenvalue weighted by molar-refractivity contribution is 5.76. The Bertz CT molecular complexity index is 436. The molecular formula is C13H22N4O2. The molecule has 1 saturated carbocycles. The van der Waals surface area contributed by atoms with Gasteiger partial charge in [0.05, 0.1) is 12.1 Å². The number of nitrogens with zero attached hydrogens (tertiary/aromatic N) is 2. The van der Waals surface area contributed by atoms with Crippen molar-refractivity contribution in [2.45, 2.75) is 44.7 Å². The van der Waals surface area contributed by atoms with Crippen molar-refractivity contribution in [1.82, 2.24) is 15.1 Å². The van der Waals surface area contributed by atoms with E-state index < -0.39 is 5.54 Å². The van der Waals surface area contributed by atoms with E-state index in [-0.39, 0.29) is 19.1 Å². The average Bonchev–Trinajstić information content (AvgIpc) is 2.78. The number of amides is 1. The van der Waals surface area contributed by atoms with Crippen LogP contribution in [0.4, 0.5) is 5.82 Å². The van der Waals surface area contributed by atoms with Crippen LogP contribution in [-0.2, 0) is 11.3 Å². The number of nitrogens with one attached hydrogen (secondary N) is 1. The van der Waals surface area contributed by atoms with Gasteiger partial charge in [-0.2, -0.15) is 5.10 Å². The fourth-order valence-electron chi connectivity index (χ4n) is 2.59. The third-order valence-electron chi connectivity index (χ3n) is 3.91. The summed E-state index contributed by atoms with van der Waals surface area (Å²) in [7, 11) is 0. The van der Waals surface area contributed by atoms with Crippen LogP contribution in [0.2, 0.25) is 0 Å². The van der Waals surface area contributed by atoms with Crippen molar-refractivity contribution in [3.05, 3.63) is 12.3 Å². The highest BCUT2D eigenvalue weighted by Gasteiger charge is 2.34. The summed E-state index contributed by atoms with van der Waals surface area (Å²) in [6, 6.07) is 1.65. The number of hydrogen-bond donors (Lipinski definition) is 3. The molecule has 106 valence electrons. The maximum Gasteiger partial charge on any atom is 0.242 e. The zero-order chi connectivity index (χ0) is 13.9. The fraction of sp³-hybridized carbons (Fsp3) is 0.692. The van der Waals surface area contributed by atoms with Crippen LogP contribution < -0.4 is 11.1 Å². The van der Waals surface area contributed by atoms with E-state index in [1.165, 1.54) is 4.68 Å². The maximum absolute atomic E-state index is 12.0. The molecule has 0 radical (unpaired) electrons. The van der Waals surface area contributed by atoms with Crippen LogP contribution >= 0.6 is 0 Å². The lowest BCUT2D eigenvalue weighted by Crippen LogP contribution is -2.54. The van der Waals surface area contributed by atoms with E-state index >= 15 is 0 Å². The first-order valence-electron chi connectivity index (χ1n) is 6.74. The molecule has 4 N–H and O–H groups in total. The first kappa shape index (κ1) is 13.9. The Balaban J connectivity index is 1.93. The number of anilines is 1. The fourth-order valence-corrected chi connectivity index (χ4v) is 2.59. The van der Waals surface area contributed by atoms with Gasteiger partial charge in [0.15, 0.2) is 0 Å². The molecule has 1 aliphatic carbocycles. The molecule has 6 nitrogen and oxygen atoms in total. The van der Waals surface area contributed by atoms with Crippen molar-refractivity contribution in [1.29, 1.82) is 0 Å². The van der Waals surface area contributed by atoms with E-state index in [1.807, 2.05) is 0 Å². The second-order valence-electron chi connectivity index (χ2n) is 5.61. The lowest BCUT2D eigenvalue weighted by Gasteiger charge is -2.38. The van der Waals surface area contributed by atoms with Gasteiger partial charge in [-0.15, -0.1) is 0 Å². The van der Waals surface area contributed by atoms with E-state index in [4.69, 9.17) is 5.73 Å². The van der Waals surface area contributed by atoms with Crippen molar-refractivity contribution in [2.75, 3.05) is 12.3 Å². The number of carbonyl (C=O) groups is 1. The molecule has 1 heterocycles. The molecule has 0 bridgehead atoms. The Morgan fingerprint density at radius 1 is 1.63 bits per heavy atom. The minimum absolute atomic E-state index is 0.00724. The van der Waals surface area contributed by atoms with E-state index in [9.17, 15) is 9.90 Å². The first-order valence-corrected chi connectivity index (χ1v) is 6.74. The van der Waals surface area contributed by atoms with Crippen LogP contribution in [-0.4, -0.2) is 32.9 Å². The summed E-state index contributed by atoms with van der Waals surface area (Å²) < 4.78 is 1.50. The van der Waals surface area contributed by atoms with Crippen molar-refractivity contribution < 1.29 is 9.90 Å². The van der Waals surface area contributed by atoms with Crippen molar-refractivity contribution >= 4 is 11.7 Å². The lowest BCUT2D eigenvalue weighted by atomic mass is 9.77. The van der Waals surface area contributed by atoms with Gasteiger partial charge in [0.2, 0.25) is 5.91 Å². The molecule has 2 rings (SSSR count). The number of aliphatic hydroxyl groups excluding tert-OH is 1. The minimum Gasteiger partial charge on any atom is -0.394 e. The van der Waals surface area contributed by atoms with Crippen LogP contribution in [0, 0.1) is 5.92 Å². The van der Waals surface area contributed by atoms with Crippen molar-refractivity contribution in [3.8, 4) is 0 Å². The molecule has 1 aromatic heterocycles. The molecule has 1 aromatic rings. The van der Waals surface area contributed by atoms with Gasteiger partial charge in [-0.3, -0.25) is 9.48 Å². The Kier molecular flexibility index (Phi) is 4.09. The zero-order valence-electron chi connectivity index (χ0n) is 11.3. The second-order valence-corrected chi connectivity index (χ2v) is 5.61. The number of hydrogen-bond acceptors (Lipinski definition) is 4. The van der Waals surface area contributed by atoms with Gasteiger partial charge in [0, 0.05) is 6.20 Å². The summed E-state index contributed by atoms with van der Waals surface area (Å²) in [6.45, 7) is 2.33. The summed E-state index contributed by atoms with van der Waals surface area (Å²) >= 11 is 0. The Morgan fingerprint density at radius 3 is 2.84 bits per heavy atom. The number of aromatic nitrogens is 2. The largest absolute Gasteiger partial charge is 0.394 e. The van der Waals surface area contributed by atoms with Crippen molar-refractivity contribution in [2.24, 2.45) is 5.92 Å². The maximum atomic E-state index is 12.0. The molecule has 0 unspecified atom stereocenters. The summed E-state index contributed by atoms with van der Waals surface area (Å²) in [6.07, 6.45) is 5.41. The SMILES string of the molecule is CC1CCC(CO)(NC(=O)Cn2ccc(N)n2)CC1. The van der Waals surface area contributed by atoms with Crippen molar-refractivity contribution in [3.63, 3.8) is 0 Å². The van der Waals surface area contributed by atoms with Gasteiger partial charge in [0.1, 0.15) is 12.4 Å². The van der Waals surface area contributed by atoms with Crippen LogP contribution in [0.15, 0.2) is 12.3 Å². The highest BCUT2D eigenvalue weighted by atomic mass is 16.3. The monoisotopic (exact) mass is 266 g/mol. The molecular weight excluding hydrogens is 244 g/mol. The van der Waals surface area contributed by atoms with Gasteiger partial charge in [-0.1, -0.05) is 6.92 Å². The topological polar surface area (TPSA) is 93.2 Å².